The average molecular weight is 513 g/mol. The highest BCUT2D eigenvalue weighted by molar-refractivity contribution is 6.09. The largest absolute Gasteiger partial charge is 0.379 e. The van der Waals surface area contributed by atoms with Crippen LogP contribution >= 0.6 is 0 Å². The lowest BCUT2D eigenvalue weighted by molar-refractivity contribution is -0.0611. The van der Waals surface area contributed by atoms with Crippen molar-refractivity contribution in [2.45, 2.75) is 63.5 Å². The number of rotatable bonds is 7. The van der Waals surface area contributed by atoms with Crippen molar-refractivity contribution in [3.05, 3.63) is 70.4 Å². The predicted octanol–water partition coefficient (Wildman–Crippen LogP) is 3.99. The van der Waals surface area contributed by atoms with Gasteiger partial charge < -0.3 is 9.30 Å². The zero-order chi connectivity index (χ0) is 25.9. The maximum absolute atomic E-state index is 13.8. The van der Waals surface area contributed by atoms with Crippen molar-refractivity contribution in [2.75, 3.05) is 31.2 Å². The van der Waals surface area contributed by atoms with Gasteiger partial charge in [-0.25, -0.2) is 4.98 Å². The zero-order valence-electron chi connectivity index (χ0n) is 22.4. The minimum absolute atomic E-state index is 0.0499. The van der Waals surface area contributed by atoms with Gasteiger partial charge in [-0.3, -0.25) is 14.6 Å². The molecule has 4 aliphatic rings. The molecule has 2 saturated heterocycles. The summed E-state index contributed by atoms with van der Waals surface area (Å²) in [5, 5.41) is 8.34. The van der Waals surface area contributed by atoms with Crippen LogP contribution in [0.2, 0.25) is 0 Å². The van der Waals surface area contributed by atoms with Gasteiger partial charge in [0.25, 0.3) is 5.91 Å². The average Bonchev–Trinajstić information content (AvgIpc) is 3.59. The third-order valence-corrected chi connectivity index (χ3v) is 8.90. The normalized spacial score (nSPS) is 22.9. The van der Waals surface area contributed by atoms with Crippen molar-refractivity contribution >= 4 is 11.7 Å². The number of hydrogen-bond donors (Lipinski definition) is 0. The van der Waals surface area contributed by atoms with E-state index in [9.17, 15) is 4.79 Å². The highest BCUT2D eigenvalue weighted by Gasteiger charge is 2.43. The molecule has 1 aromatic carbocycles. The number of pyridine rings is 1. The molecule has 2 aromatic heterocycles. The lowest BCUT2D eigenvalue weighted by Crippen LogP contribution is -2.49. The molecule has 0 unspecified atom stereocenters. The molecular formula is C30H36N6O2. The molecule has 7 rings (SSSR count). The second-order valence-corrected chi connectivity index (χ2v) is 12.1. The van der Waals surface area contributed by atoms with E-state index in [2.05, 4.69) is 52.4 Å². The number of fused-ring (bicyclic) bond motifs is 1. The Morgan fingerprint density at radius 3 is 2.71 bits per heavy atom. The number of aryl methyl sites for hydroxylation is 1. The monoisotopic (exact) mass is 512 g/mol. The Morgan fingerprint density at radius 2 is 2.00 bits per heavy atom. The first-order valence-electron chi connectivity index (χ1n) is 14.1. The molecule has 198 valence electrons. The quantitative estimate of drug-likeness (QED) is 0.477. The molecule has 5 heterocycles. The van der Waals surface area contributed by atoms with Crippen LogP contribution in [-0.2, 0) is 36.7 Å². The summed E-state index contributed by atoms with van der Waals surface area (Å²) in [5.74, 6) is 3.07. The fraction of sp³-hybridized carbons (Fsp3) is 0.533. The van der Waals surface area contributed by atoms with E-state index in [0.717, 1.165) is 66.0 Å². The van der Waals surface area contributed by atoms with Gasteiger partial charge in [0.2, 0.25) is 0 Å². The van der Waals surface area contributed by atoms with Gasteiger partial charge in [0, 0.05) is 49.1 Å². The van der Waals surface area contributed by atoms with Crippen molar-refractivity contribution in [1.29, 1.82) is 0 Å². The molecule has 0 spiro atoms. The number of aromatic nitrogens is 4. The molecule has 1 aliphatic carbocycles. The number of carbonyl (C=O) groups excluding carboxylic acids is 1. The van der Waals surface area contributed by atoms with Crippen LogP contribution in [0.1, 0.15) is 77.1 Å². The first-order chi connectivity index (χ1) is 18.5. The second-order valence-electron chi connectivity index (χ2n) is 12.1. The molecule has 0 bridgehead atoms. The van der Waals surface area contributed by atoms with E-state index >= 15 is 0 Å². The Kier molecular flexibility index (Phi) is 5.85. The summed E-state index contributed by atoms with van der Waals surface area (Å²) >= 11 is 0. The molecule has 8 nitrogen and oxygen atoms in total. The van der Waals surface area contributed by atoms with Crippen LogP contribution in [0.25, 0.3) is 0 Å². The Hall–Kier alpha value is -3.10. The summed E-state index contributed by atoms with van der Waals surface area (Å²) in [4.78, 5) is 23.3. The van der Waals surface area contributed by atoms with Crippen molar-refractivity contribution in [3.8, 4) is 0 Å². The summed E-state index contributed by atoms with van der Waals surface area (Å²) in [6.45, 7) is 7.40. The Labute approximate surface area is 224 Å². The molecule has 3 fully saturated rings. The van der Waals surface area contributed by atoms with E-state index in [-0.39, 0.29) is 11.3 Å². The number of nitrogens with zero attached hydrogens (tertiary/aromatic N) is 6. The maximum Gasteiger partial charge on any atom is 0.260 e. The van der Waals surface area contributed by atoms with Gasteiger partial charge >= 0.3 is 0 Å². The summed E-state index contributed by atoms with van der Waals surface area (Å²) < 4.78 is 7.63. The van der Waals surface area contributed by atoms with Gasteiger partial charge in [0.15, 0.2) is 0 Å². The van der Waals surface area contributed by atoms with Gasteiger partial charge in [-0.05, 0) is 73.0 Å². The van der Waals surface area contributed by atoms with Gasteiger partial charge in [0.1, 0.15) is 18.0 Å². The minimum atomic E-state index is -0.174. The first kappa shape index (κ1) is 24.0. The van der Waals surface area contributed by atoms with Crippen molar-refractivity contribution in [3.63, 3.8) is 0 Å². The number of ether oxygens (including phenoxy) is 1. The highest BCUT2D eigenvalue weighted by atomic mass is 16.5. The van der Waals surface area contributed by atoms with Gasteiger partial charge in [-0.15, -0.1) is 10.2 Å². The number of benzene rings is 1. The van der Waals surface area contributed by atoms with Crippen LogP contribution in [0.5, 0.6) is 0 Å². The summed E-state index contributed by atoms with van der Waals surface area (Å²) in [6, 6.07) is 10.8. The predicted molar refractivity (Wildman–Crippen MR) is 144 cm³/mol. The first-order valence-corrected chi connectivity index (χ1v) is 14.1. The van der Waals surface area contributed by atoms with Gasteiger partial charge in [0.05, 0.1) is 19.8 Å². The molecule has 0 N–H and O–H groups in total. The molecule has 1 atom stereocenters. The zero-order valence-corrected chi connectivity index (χ0v) is 22.4. The molecule has 3 aliphatic heterocycles. The smallest absolute Gasteiger partial charge is 0.260 e. The second kappa shape index (κ2) is 9.27. The summed E-state index contributed by atoms with van der Waals surface area (Å²) in [7, 11) is 1.97. The standard InChI is InChI=1S/C30H36N6O2/c1-20-4-3-9-35(14-20)15-21-10-26(22-5-6-22)32-27(11-21)36-16-23-7-8-24(12-25(23)29(36)37)30(17-38-18-30)13-28-33-31-19-34(28)2/h7-8,10-12,19-20,22H,3-6,9,13-18H2,1-2H3/t20-/m0/s1. The molecular weight excluding hydrogens is 476 g/mol. The maximum atomic E-state index is 13.8. The SMILES string of the molecule is C[C@H]1CCCN(Cc2cc(C3CC3)nc(N3Cc4ccc(C5(Cc6nncn6C)COC5)cc4C3=O)c2)C1. The molecule has 38 heavy (non-hydrogen) atoms. The Morgan fingerprint density at radius 1 is 1.13 bits per heavy atom. The lowest BCUT2D eigenvalue weighted by atomic mass is 9.75. The number of amides is 1. The number of likely N-dealkylation sites (tertiary alicyclic amines) is 1. The lowest BCUT2D eigenvalue weighted by Gasteiger charge is -2.41. The van der Waals surface area contributed by atoms with E-state index in [0.29, 0.717) is 25.7 Å². The number of anilines is 1. The topological polar surface area (TPSA) is 76.4 Å². The third-order valence-electron chi connectivity index (χ3n) is 8.90. The van der Waals surface area contributed by atoms with Crippen LogP contribution in [0.15, 0.2) is 36.7 Å². The molecule has 0 radical (unpaired) electrons. The van der Waals surface area contributed by atoms with Crippen LogP contribution in [0.4, 0.5) is 5.82 Å². The third kappa shape index (κ3) is 4.33. The Bertz CT molecular complexity index is 1370. The number of carbonyl (C=O) groups is 1. The van der Waals surface area contributed by atoms with Gasteiger partial charge in [-0.2, -0.15) is 0 Å². The number of hydrogen-bond acceptors (Lipinski definition) is 6. The van der Waals surface area contributed by atoms with Crippen LogP contribution in [-0.4, -0.2) is 56.9 Å². The molecule has 1 saturated carbocycles. The van der Waals surface area contributed by atoms with Crippen molar-refractivity contribution in [1.82, 2.24) is 24.6 Å². The molecule has 1 amide bonds. The van der Waals surface area contributed by atoms with Crippen molar-refractivity contribution < 1.29 is 9.53 Å². The Balaban J connectivity index is 1.16. The molecule has 8 heteroatoms. The minimum Gasteiger partial charge on any atom is -0.379 e. The number of piperidine rings is 1. The van der Waals surface area contributed by atoms with E-state index in [4.69, 9.17) is 9.72 Å². The van der Waals surface area contributed by atoms with Crippen LogP contribution < -0.4 is 4.90 Å². The van der Waals surface area contributed by atoms with Crippen molar-refractivity contribution in [2.24, 2.45) is 13.0 Å². The molecule has 3 aromatic rings. The van der Waals surface area contributed by atoms with Crippen LogP contribution in [0, 0.1) is 5.92 Å². The summed E-state index contributed by atoms with van der Waals surface area (Å²) in [5.41, 5.74) is 5.26. The van der Waals surface area contributed by atoms with E-state index in [1.54, 1.807) is 6.33 Å². The van der Waals surface area contributed by atoms with E-state index in [1.807, 2.05) is 16.5 Å². The van der Waals surface area contributed by atoms with E-state index < -0.39 is 0 Å². The fourth-order valence-electron chi connectivity index (χ4n) is 6.41. The fourth-order valence-corrected chi connectivity index (χ4v) is 6.41. The summed E-state index contributed by atoms with van der Waals surface area (Å²) in [6.07, 6.45) is 7.45. The van der Waals surface area contributed by atoms with Gasteiger partial charge in [-0.1, -0.05) is 19.1 Å². The van der Waals surface area contributed by atoms with E-state index in [1.165, 1.54) is 31.2 Å². The van der Waals surface area contributed by atoms with Crippen LogP contribution in [0.3, 0.4) is 0 Å². The highest BCUT2D eigenvalue weighted by Crippen LogP contribution is 2.42.